The number of hydrogen-bond donors (Lipinski definition) is 2. The van der Waals surface area contributed by atoms with Crippen LogP contribution in [0.1, 0.15) is 30.9 Å². The van der Waals surface area contributed by atoms with E-state index in [0.29, 0.717) is 5.69 Å². The van der Waals surface area contributed by atoms with E-state index in [4.69, 9.17) is 0 Å². The van der Waals surface area contributed by atoms with Crippen molar-refractivity contribution in [3.05, 3.63) is 59.7 Å². The fourth-order valence-electron chi connectivity index (χ4n) is 2.28. The molecule has 2 aromatic rings. The van der Waals surface area contributed by atoms with Gasteiger partial charge in [-0.15, -0.1) is 0 Å². The monoisotopic (exact) mass is 364 g/mol. The van der Waals surface area contributed by atoms with Gasteiger partial charge < -0.3 is 10.6 Å². The molecule has 0 spiro atoms. The van der Waals surface area contributed by atoms with Gasteiger partial charge in [0.15, 0.2) is 0 Å². The van der Waals surface area contributed by atoms with E-state index in [1.54, 1.807) is 12.1 Å². The molecule has 2 rings (SSSR count). The van der Waals surface area contributed by atoms with Crippen LogP contribution in [0.15, 0.2) is 48.5 Å². The molecular formula is C19H19F3N2O2. The highest BCUT2D eigenvalue weighted by molar-refractivity contribution is 6.43. The predicted octanol–water partition coefficient (Wildman–Crippen LogP) is 4.63. The SMILES string of the molecule is CCCCc1ccc(NC(=O)C(=O)Nc2cccc(C(F)(F)F)c2)cc1. The topological polar surface area (TPSA) is 58.2 Å². The number of halogens is 3. The number of rotatable bonds is 5. The molecule has 0 aliphatic rings. The van der Waals surface area contributed by atoms with E-state index in [1.165, 1.54) is 6.07 Å². The van der Waals surface area contributed by atoms with Crippen LogP contribution in [0.3, 0.4) is 0 Å². The molecule has 0 aromatic heterocycles. The van der Waals surface area contributed by atoms with E-state index < -0.39 is 23.6 Å². The molecule has 0 unspecified atom stereocenters. The lowest BCUT2D eigenvalue weighted by Crippen LogP contribution is -2.29. The zero-order valence-corrected chi connectivity index (χ0v) is 14.2. The third-order valence-electron chi connectivity index (χ3n) is 3.68. The van der Waals surface area contributed by atoms with Crippen molar-refractivity contribution >= 4 is 23.2 Å². The van der Waals surface area contributed by atoms with Gasteiger partial charge in [0, 0.05) is 11.4 Å². The van der Waals surface area contributed by atoms with E-state index in [-0.39, 0.29) is 5.69 Å². The van der Waals surface area contributed by atoms with Gasteiger partial charge >= 0.3 is 18.0 Å². The summed E-state index contributed by atoms with van der Waals surface area (Å²) in [6.07, 6.45) is -1.46. The minimum absolute atomic E-state index is 0.102. The third kappa shape index (κ3) is 5.61. The Morgan fingerprint density at radius 1 is 0.923 bits per heavy atom. The molecule has 2 N–H and O–H groups in total. The first-order valence-corrected chi connectivity index (χ1v) is 8.18. The highest BCUT2D eigenvalue weighted by atomic mass is 19.4. The van der Waals surface area contributed by atoms with Crippen molar-refractivity contribution in [3.8, 4) is 0 Å². The van der Waals surface area contributed by atoms with E-state index in [0.717, 1.165) is 43.0 Å². The van der Waals surface area contributed by atoms with Crippen molar-refractivity contribution in [1.29, 1.82) is 0 Å². The lowest BCUT2D eigenvalue weighted by atomic mass is 10.1. The molecule has 7 heteroatoms. The Kier molecular flexibility index (Phi) is 6.38. The summed E-state index contributed by atoms with van der Waals surface area (Å²) in [6.45, 7) is 2.09. The molecule has 0 atom stereocenters. The molecule has 0 heterocycles. The number of unbranched alkanes of at least 4 members (excludes halogenated alkanes) is 1. The normalized spacial score (nSPS) is 11.1. The van der Waals surface area contributed by atoms with Gasteiger partial charge in [-0.25, -0.2) is 0 Å². The van der Waals surface area contributed by atoms with Gasteiger partial charge in [0.2, 0.25) is 0 Å². The number of carbonyl (C=O) groups excluding carboxylic acids is 2. The number of hydrogen-bond acceptors (Lipinski definition) is 2. The zero-order chi connectivity index (χ0) is 19.2. The van der Waals surface area contributed by atoms with Gasteiger partial charge in [0.05, 0.1) is 5.56 Å². The highest BCUT2D eigenvalue weighted by Gasteiger charge is 2.30. The van der Waals surface area contributed by atoms with Crippen LogP contribution < -0.4 is 10.6 Å². The van der Waals surface area contributed by atoms with Crippen LogP contribution in [-0.4, -0.2) is 11.8 Å². The number of carbonyl (C=O) groups is 2. The summed E-state index contributed by atoms with van der Waals surface area (Å²) >= 11 is 0. The van der Waals surface area contributed by atoms with Gasteiger partial charge in [-0.1, -0.05) is 31.5 Å². The van der Waals surface area contributed by atoms with Crippen molar-refractivity contribution in [2.45, 2.75) is 32.4 Å². The van der Waals surface area contributed by atoms with Crippen molar-refractivity contribution in [1.82, 2.24) is 0 Å². The Balaban J connectivity index is 1.96. The summed E-state index contributed by atoms with van der Waals surface area (Å²) in [5.74, 6) is -2.00. The highest BCUT2D eigenvalue weighted by Crippen LogP contribution is 2.30. The number of anilines is 2. The van der Waals surface area contributed by atoms with Crippen LogP contribution in [0.2, 0.25) is 0 Å². The average Bonchev–Trinajstić information content (AvgIpc) is 2.60. The maximum absolute atomic E-state index is 12.7. The number of amides is 2. The molecule has 0 saturated carbocycles. The Morgan fingerprint density at radius 3 is 2.12 bits per heavy atom. The van der Waals surface area contributed by atoms with Crippen LogP contribution in [0.5, 0.6) is 0 Å². The summed E-state index contributed by atoms with van der Waals surface area (Å²) in [4.78, 5) is 23.8. The first kappa shape index (κ1) is 19.5. The largest absolute Gasteiger partial charge is 0.416 e. The second-order valence-corrected chi connectivity index (χ2v) is 5.79. The van der Waals surface area contributed by atoms with Crippen LogP contribution in [0, 0.1) is 0 Å². The van der Waals surface area contributed by atoms with Crippen molar-refractivity contribution < 1.29 is 22.8 Å². The fraction of sp³-hybridized carbons (Fsp3) is 0.263. The van der Waals surface area contributed by atoms with Crippen LogP contribution >= 0.6 is 0 Å². The summed E-state index contributed by atoms with van der Waals surface area (Å²) in [5, 5.41) is 4.58. The first-order valence-electron chi connectivity index (χ1n) is 8.18. The second-order valence-electron chi connectivity index (χ2n) is 5.79. The molecule has 0 fully saturated rings. The van der Waals surface area contributed by atoms with Gasteiger partial charge in [0.25, 0.3) is 0 Å². The molecule has 4 nitrogen and oxygen atoms in total. The summed E-state index contributed by atoms with van der Waals surface area (Å²) in [5.41, 5.74) is 0.556. The molecule has 0 saturated heterocycles. The van der Waals surface area contributed by atoms with E-state index in [9.17, 15) is 22.8 Å². The van der Waals surface area contributed by atoms with E-state index >= 15 is 0 Å². The van der Waals surface area contributed by atoms with Gasteiger partial charge in [-0.3, -0.25) is 9.59 Å². The van der Waals surface area contributed by atoms with Crippen molar-refractivity contribution in [2.75, 3.05) is 10.6 Å². The molecule has 138 valence electrons. The number of nitrogens with one attached hydrogen (secondary N) is 2. The maximum atomic E-state index is 12.7. The van der Waals surface area contributed by atoms with Gasteiger partial charge in [0.1, 0.15) is 0 Å². The van der Waals surface area contributed by atoms with E-state index in [2.05, 4.69) is 17.6 Å². The second kappa shape index (κ2) is 8.51. The predicted molar refractivity (Wildman–Crippen MR) is 93.8 cm³/mol. The fourth-order valence-corrected chi connectivity index (χ4v) is 2.28. The Bertz CT molecular complexity index is 771. The van der Waals surface area contributed by atoms with Crippen molar-refractivity contribution in [2.24, 2.45) is 0 Å². The van der Waals surface area contributed by atoms with Gasteiger partial charge in [-0.2, -0.15) is 13.2 Å². The zero-order valence-electron chi connectivity index (χ0n) is 14.2. The molecule has 2 amide bonds. The molecule has 0 radical (unpaired) electrons. The summed E-state index contributed by atoms with van der Waals surface area (Å²) in [6, 6.07) is 11.2. The van der Waals surface area contributed by atoms with Crippen molar-refractivity contribution in [3.63, 3.8) is 0 Å². The Morgan fingerprint density at radius 2 is 1.54 bits per heavy atom. The van der Waals surface area contributed by atoms with Crippen LogP contribution in [0.25, 0.3) is 0 Å². The average molecular weight is 364 g/mol. The summed E-state index contributed by atoms with van der Waals surface area (Å²) in [7, 11) is 0. The standard InChI is InChI=1S/C19H19F3N2O2/c1-2-3-5-13-8-10-15(11-9-13)23-17(25)18(26)24-16-7-4-6-14(12-16)19(20,21)22/h4,6-12H,2-3,5H2,1H3,(H,23,25)(H,24,26). The Hall–Kier alpha value is -2.83. The number of alkyl halides is 3. The molecule has 26 heavy (non-hydrogen) atoms. The smallest absolute Gasteiger partial charge is 0.318 e. The number of aryl methyl sites for hydroxylation is 1. The quantitative estimate of drug-likeness (QED) is 0.761. The Labute approximate surface area is 149 Å². The maximum Gasteiger partial charge on any atom is 0.416 e. The molecule has 0 aliphatic carbocycles. The van der Waals surface area contributed by atoms with Gasteiger partial charge in [-0.05, 0) is 48.7 Å². The van der Waals surface area contributed by atoms with Crippen LogP contribution in [-0.2, 0) is 22.2 Å². The molecule has 0 aliphatic heterocycles. The first-order chi connectivity index (χ1) is 12.3. The number of benzene rings is 2. The summed E-state index contributed by atoms with van der Waals surface area (Å²) < 4.78 is 38.0. The minimum Gasteiger partial charge on any atom is -0.318 e. The van der Waals surface area contributed by atoms with E-state index in [1.807, 2.05) is 12.1 Å². The lowest BCUT2D eigenvalue weighted by Gasteiger charge is -2.10. The van der Waals surface area contributed by atoms with Crippen LogP contribution in [0.4, 0.5) is 24.5 Å². The third-order valence-corrected chi connectivity index (χ3v) is 3.68. The molecule has 0 bridgehead atoms. The lowest BCUT2D eigenvalue weighted by molar-refractivity contribution is -0.137. The molecular weight excluding hydrogens is 345 g/mol. The molecule has 2 aromatic carbocycles. The minimum atomic E-state index is -4.53.